The molecule has 0 radical (unpaired) electrons. The zero-order valence-corrected chi connectivity index (χ0v) is 16.4. The second-order valence-corrected chi connectivity index (χ2v) is 7.05. The predicted octanol–water partition coefficient (Wildman–Crippen LogP) is 2.90. The van der Waals surface area contributed by atoms with Crippen LogP contribution in [0.15, 0.2) is 18.2 Å². The van der Waals surface area contributed by atoms with Gasteiger partial charge in [0.25, 0.3) is 0 Å². The van der Waals surface area contributed by atoms with Gasteiger partial charge < -0.3 is 19.8 Å². The minimum atomic E-state index is -5.25. The van der Waals surface area contributed by atoms with E-state index in [0.717, 1.165) is 12.1 Å². The van der Waals surface area contributed by atoms with Crippen molar-refractivity contribution in [1.82, 2.24) is 4.90 Å². The van der Waals surface area contributed by atoms with Gasteiger partial charge in [0, 0.05) is 37.9 Å². The molecule has 0 aromatic heterocycles. The first-order chi connectivity index (χ1) is 14.1. The van der Waals surface area contributed by atoms with Crippen molar-refractivity contribution < 1.29 is 45.8 Å². The Hall–Kier alpha value is -2.99. The summed E-state index contributed by atoms with van der Waals surface area (Å²) in [6, 6.07) is 2.35. The lowest BCUT2D eigenvalue weighted by molar-refractivity contribution is -0.185. The normalized spacial score (nSPS) is 15.3. The van der Waals surface area contributed by atoms with Gasteiger partial charge in [0.2, 0.25) is 0 Å². The minimum Gasteiger partial charge on any atom is -0.478 e. The topological polar surface area (TPSA) is 81.2 Å². The van der Waals surface area contributed by atoms with Gasteiger partial charge in [-0.1, -0.05) is 0 Å². The molecule has 1 saturated heterocycles. The van der Waals surface area contributed by atoms with Crippen LogP contribution in [0, 0.1) is 0 Å². The standard InChI is InChI=1S/C18H19F6N3O4/c1-10(2)27(16(31)18(22,23)24)13-9-11(3-4-12(13)14(28)29)25-5-7-26(8-6-25)15(30)17(19,20)21/h3-4,9-10H,5-8H2,1-2H3,(H,28,29). The molecule has 1 aromatic carbocycles. The van der Waals surface area contributed by atoms with E-state index < -0.39 is 47.4 Å². The van der Waals surface area contributed by atoms with Crippen LogP contribution in [0.2, 0.25) is 0 Å². The molecule has 0 aliphatic carbocycles. The maximum Gasteiger partial charge on any atom is 0.471 e. The number of rotatable bonds is 4. The molecule has 7 nitrogen and oxygen atoms in total. The molecule has 1 heterocycles. The lowest BCUT2D eigenvalue weighted by atomic mass is 10.1. The van der Waals surface area contributed by atoms with Crippen LogP contribution in [0.5, 0.6) is 0 Å². The van der Waals surface area contributed by atoms with Gasteiger partial charge in [-0.2, -0.15) is 26.3 Å². The number of carbonyl (C=O) groups excluding carboxylic acids is 2. The van der Waals surface area contributed by atoms with E-state index in [4.69, 9.17) is 0 Å². The first-order valence-electron chi connectivity index (χ1n) is 9.03. The molecule has 31 heavy (non-hydrogen) atoms. The highest BCUT2D eigenvalue weighted by Crippen LogP contribution is 2.33. The number of aromatic carboxylic acids is 1. The molecule has 0 spiro atoms. The molecule has 172 valence electrons. The van der Waals surface area contributed by atoms with E-state index in [1.807, 2.05) is 0 Å². The van der Waals surface area contributed by atoms with E-state index in [-0.39, 0.29) is 31.9 Å². The minimum absolute atomic E-state index is 0.0669. The van der Waals surface area contributed by atoms with Crippen molar-refractivity contribution in [1.29, 1.82) is 0 Å². The Labute approximate surface area is 172 Å². The lowest BCUT2D eigenvalue weighted by Crippen LogP contribution is -2.52. The smallest absolute Gasteiger partial charge is 0.471 e. The van der Waals surface area contributed by atoms with E-state index >= 15 is 0 Å². The van der Waals surface area contributed by atoms with Gasteiger partial charge in [0.05, 0.1) is 11.3 Å². The summed E-state index contributed by atoms with van der Waals surface area (Å²) in [7, 11) is 0. The predicted molar refractivity (Wildman–Crippen MR) is 96.9 cm³/mol. The highest BCUT2D eigenvalue weighted by atomic mass is 19.4. The fraction of sp³-hybridized carbons (Fsp3) is 0.500. The van der Waals surface area contributed by atoms with Gasteiger partial charge >= 0.3 is 30.1 Å². The molecular formula is C18H19F6N3O4. The molecule has 0 atom stereocenters. The molecule has 1 aliphatic rings. The summed E-state index contributed by atoms with van der Waals surface area (Å²) in [5, 5.41) is 9.37. The van der Waals surface area contributed by atoms with E-state index in [1.165, 1.54) is 24.8 Å². The van der Waals surface area contributed by atoms with Crippen LogP contribution in [0.3, 0.4) is 0 Å². The number of nitrogens with zero attached hydrogens (tertiary/aromatic N) is 3. The van der Waals surface area contributed by atoms with Crippen LogP contribution in [-0.4, -0.2) is 72.4 Å². The van der Waals surface area contributed by atoms with Gasteiger partial charge in [-0.25, -0.2) is 4.79 Å². The maximum atomic E-state index is 13.1. The number of carboxylic acids is 1. The second-order valence-electron chi connectivity index (χ2n) is 7.05. The summed E-state index contributed by atoms with van der Waals surface area (Å²) < 4.78 is 76.9. The number of alkyl halides is 6. The van der Waals surface area contributed by atoms with Gasteiger partial charge in [-0.3, -0.25) is 9.59 Å². The summed E-state index contributed by atoms with van der Waals surface area (Å²) >= 11 is 0. The van der Waals surface area contributed by atoms with Crippen LogP contribution in [-0.2, 0) is 9.59 Å². The molecular weight excluding hydrogens is 436 g/mol. The largest absolute Gasteiger partial charge is 0.478 e. The van der Waals surface area contributed by atoms with E-state index in [0.29, 0.717) is 9.80 Å². The SMILES string of the molecule is CC(C)N(C(=O)C(F)(F)F)c1cc(N2CCN(C(=O)C(F)(F)F)CC2)ccc1C(=O)O. The number of amides is 2. The Morgan fingerprint density at radius 2 is 1.52 bits per heavy atom. The third-order valence-electron chi connectivity index (χ3n) is 4.62. The number of benzene rings is 1. The van der Waals surface area contributed by atoms with Crippen LogP contribution in [0.1, 0.15) is 24.2 Å². The fourth-order valence-electron chi connectivity index (χ4n) is 3.20. The number of hydrogen-bond donors (Lipinski definition) is 1. The molecule has 2 rings (SSSR count). The highest BCUT2D eigenvalue weighted by Gasteiger charge is 2.45. The maximum absolute atomic E-state index is 13.1. The van der Waals surface area contributed by atoms with E-state index in [2.05, 4.69) is 0 Å². The quantitative estimate of drug-likeness (QED) is 0.707. The molecule has 1 N–H and O–H groups in total. The molecule has 1 aromatic rings. The molecule has 0 unspecified atom stereocenters. The third-order valence-corrected chi connectivity index (χ3v) is 4.62. The summed E-state index contributed by atoms with van der Waals surface area (Å²) in [5.74, 6) is -5.79. The number of piperazine rings is 1. The van der Waals surface area contributed by atoms with Crippen LogP contribution < -0.4 is 9.80 Å². The summed E-state index contributed by atoms with van der Waals surface area (Å²) in [6.07, 6.45) is -10.3. The second kappa shape index (κ2) is 8.63. The van der Waals surface area contributed by atoms with Gasteiger partial charge in [0.15, 0.2) is 0 Å². The molecule has 1 fully saturated rings. The Bertz CT molecular complexity index is 861. The molecule has 1 aliphatic heterocycles. The van der Waals surface area contributed by atoms with Crippen molar-refractivity contribution in [3.8, 4) is 0 Å². The summed E-state index contributed by atoms with van der Waals surface area (Å²) in [6.45, 7) is 1.85. The van der Waals surface area contributed by atoms with Crippen molar-refractivity contribution in [2.75, 3.05) is 36.0 Å². The zero-order chi connectivity index (χ0) is 23.7. The lowest BCUT2D eigenvalue weighted by Gasteiger charge is -2.37. The van der Waals surface area contributed by atoms with Gasteiger partial charge in [0.1, 0.15) is 0 Å². The van der Waals surface area contributed by atoms with Crippen molar-refractivity contribution in [3.63, 3.8) is 0 Å². The zero-order valence-electron chi connectivity index (χ0n) is 16.4. The summed E-state index contributed by atoms with van der Waals surface area (Å²) in [5.41, 5.74) is -0.822. The van der Waals surface area contributed by atoms with Crippen LogP contribution >= 0.6 is 0 Å². The fourth-order valence-corrected chi connectivity index (χ4v) is 3.20. The number of carboxylic acid groups (broad SMARTS) is 1. The Morgan fingerprint density at radius 3 is 1.94 bits per heavy atom. The molecule has 2 amide bonds. The highest BCUT2D eigenvalue weighted by molar-refractivity contribution is 6.04. The van der Waals surface area contributed by atoms with Gasteiger partial charge in [-0.15, -0.1) is 0 Å². The van der Waals surface area contributed by atoms with Crippen molar-refractivity contribution >= 4 is 29.2 Å². The number of hydrogen-bond acceptors (Lipinski definition) is 4. The number of carbonyl (C=O) groups is 3. The van der Waals surface area contributed by atoms with Gasteiger partial charge in [-0.05, 0) is 32.0 Å². The average Bonchev–Trinajstić information content (AvgIpc) is 2.65. The molecule has 0 bridgehead atoms. The first-order valence-corrected chi connectivity index (χ1v) is 9.03. The average molecular weight is 455 g/mol. The monoisotopic (exact) mass is 455 g/mol. The Kier molecular flexibility index (Phi) is 6.76. The van der Waals surface area contributed by atoms with Crippen LogP contribution in [0.4, 0.5) is 37.7 Å². The van der Waals surface area contributed by atoms with Crippen LogP contribution in [0.25, 0.3) is 0 Å². The number of halogens is 6. The van der Waals surface area contributed by atoms with Crippen molar-refractivity contribution in [2.45, 2.75) is 32.2 Å². The molecule has 13 heteroatoms. The van der Waals surface area contributed by atoms with E-state index in [9.17, 15) is 45.8 Å². The molecule has 0 saturated carbocycles. The Morgan fingerprint density at radius 1 is 0.968 bits per heavy atom. The van der Waals surface area contributed by atoms with E-state index in [1.54, 1.807) is 0 Å². The van der Waals surface area contributed by atoms with Crippen molar-refractivity contribution in [3.05, 3.63) is 23.8 Å². The number of anilines is 2. The third kappa shape index (κ3) is 5.39. The van der Waals surface area contributed by atoms with Crippen molar-refractivity contribution in [2.24, 2.45) is 0 Å². The first kappa shape index (κ1) is 24.3. The summed E-state index contributed by atoms with van der Waals surface area (Å²) in [4.78, 5) is 37.2. The Balaban J connectivity index is 2.37.